The molecular weight excluding hydrogens is 208 g/mol. The molecule has 0 aromatic rings. The number of aliphatic carboxylic acids is 1. The van der Waals surface area contributed by atoms with Gasteiger partial charge in [0.1, 0.15) is 0 Å². The van der Waals surface area contributed by atoms with Crippen molar-refractivity contribution in [1.82, 2.24) is 10.6 Å². The van der Waals surface area contributed by atoms with E-state index in [4.69, 9.17) is 5.11 Å². The van der Waals surface area contributed by atoms with Crippen molar-refractivity contribution < 1.29 is 14.7 Å². The van der Waals surface area contributed by atoms with E-state index in [1.807, 2.05) is 27.7 Å². The Hall–Kier alpha value is -1.26. The highest BCUT2D eigenvalue weighted by molar-refractivity contribution is 5.73. The zero-order chi connectivity index (χ0) is 12.8. The van der Waals surface area contributed by atoms with Crippen LogP contribution >= 0.6 is 0 Å². The van der Waals surface area contributed by atoms with Gasteiger partial charge in [-0.25, -0.2) is 4.79 Å². The van der Waals surface area contributed by atoms with E-state index < -0.39 is 5.97 Å². The first-order valence-electron chi connectivity index (χ1n) is 5.50. The summed E-state index contributed by atoms with van der Waals surface area (Å²) in [5, 5.41) is 14.1. The molecule has 5 heteroatoms. The third-order valence-electron chi connectivity index (χ3n) is 2.49. The fraction of sp³-hybridized carbons (Fsp3) is 0.818. The highest BCUT2D eigenvalue weighted by Crippen LogP contribution is 2.27. The standard InChI is InChI=1S/C11H22N2O3/c1-5-12-10(16)13-7-8(6-9(14)15)11(2,3)4/h8H,5-7H2,1-4H3,(H,14,15)(H2,12,13,16). The summed E-state index contributed by atoms with van der Waals surface area (Å²) in [4.78, 5) is 21.9. The monoisotopic (exact) mass is 230 g/mol. The van der Waals surface area contributed by atoms with Gasteiger partial charge in [0.25, 0.3) is 0 Å². The number of nitrogens with one attached hydrogen (secondary N) is 2. The van der Waals surface area contributed by atoms with Crippen molar-refractivity contribution in [3.8, 4) is 0 Å². The van der Waals surface area contributed by atoms with Crippen LogP contribution in [0, 0.1) is 11.3 Å². The van der Waals surface area contributed by atoms with Crippen LogP contribution in [0.15, 0.2) is 0 Å². The van der Waals surface area contributed by atoms with Gasteiger partial charge in [-0.3, -0.25) is 4.79 Å². The van der Waals surface area contributed by atoms with Crippen molar-refractivity contribution in [2.24, 2.45) is 11.3 Å². The summed E-state index contributed by atoms with van der Waals surface area (Å²) < 4.78 is 0. The average molecular weight is 230 g/mol. The van der Waals surface area contributed by atoms with E-state index in [0.29, 0.717) is 13.1 Å². The second kappa shape index (κ2) is 6.35. The zero-order valence-electron chi connectivity index (χ0n) is 10.5. The molecule has 3 N–H and O–H groups in total. The molecule has 16 heavy (non-hydrogen) atoms. The molecular formula is C11H22N2O3. The topological polar surface area (TPSA) is 78.4 Å². The largest absolute Gasteiger partial charge is 0.481 e. The van der Waals surface area contributed by atoms with Crippen molar-refractivity contribution in [2.75, 3.05) is 13.1 Å². The molecule has 0 bridgehead atoms. The van der Waals surface area contributed by atoms with Crippen LogP contribution in [0.25, 0.3) is 0 Å². The van der Waals surface area contributed by atoms with Crippen LogP contribution < -0.4 is 10.6 Å². The van der Waals surface area contributed by atoms with Gasteiger partial charge >= 0.3 is 12.0 Å². The Bertz CT molecular complexity index is 246. The molecule has 0 fully saturated rings. The highest BCUT2D eigenvalue weighted by atomic mass is 16.4. The Labute approximate surface area is 96.6 Å². The summed E-state index contributed by atoms with van der Waals surface area (Å²) in [6, 6.07) is -0.248. The van der Waals surface area contributed by atoms with Crippen LogP contribution in [0.4, 0.5) is 4.79 Å². The summed E-state index contributed by atoms with van der Waals surface area (Å²) >= 11 is 0. The molecule has 1 unspecified atom stereocenters. The van der Waals surface area contributed by atoms with E-state index in [1.165, 1.54) is 0 Å². The Morgan fingerprint density at radius 3 is 2.19 bits per heavy atom. The smallest absolute Gasteiger partial charge is 0.314 e. The molecule has 0 radical (unpaired) electrons. The average Bonchev–Trinajstić information content (AvgIpc) is 2.10. The number of carbonyl (C=O) groups is 2. The summed E-state index contributed by atoms with van der Waals surface area (Å²) in [5.74, 6) is -0.912. The van der Waals surface area contributed by atoms with Crippen LogP contribution in [-0.2, 0) is 4.79 Å². The van der Waals surface area contributed by atoms with Crippen LogP contribution in [0.1, 0.15) is 34.1 Å². The number of amides is 2. The van der Waals surface area contributed by atoms with Gasteiger partial charge in [0.2, 0.25) is 0 Å². The lowest BCUT2D eigenvalue weighted by atomic mass is 9.79. The number of carboxylic acids is 1. The summed E-state index contributed by atoms with van der Waals surface area (Å²) in [5.41, 5.74) is -0.141. The molecule has 0 rings (SSSR count). The van der Waals surface area contributed by atoms with Crippen molar-refractivity contribution >= 4 is 12.0 Å². The Morgan fingerprint density at radius 1 is 1.25 bits per heavy atom. The molecule has 0 aliphatic rings. The molecule has 0 heterocycles. The normalized spacial score (nSPS) is 13.0. The number of carboxylic acid groups (broad SMARTS) is 1. The quantitative estimate of drug-likeness (QED) is 0.668. The Kier molecular flexibility index (Phi) is 5.85. The number of urea groups is 1. The third-order valence-corrected chi connectivity index (χ3v) is 2.49. The van der Waals surface area contributed by atoms with E-state index in [-0.39, 0.29) is 23.8 Å². The van der Waals surface area contributed by atoms with Crippen LogP contribution in [0.2, 0.25) is 0 Å². The molecule has 0 saturated carbocycles. The summed E-state index contributed by atoms with van der Waals surface area (Å²) in [6.45, 7) is 8.69. The summed E-state index contributed by atoms with van der Waals surface area (Å²) in [6.07, 6.45) is 0.0654. The molecule has 0 spiro atoms. The minimum absolute atomic E-state index is 0.0654. The Morgan fingerprint density at radius 2 is 1.81 bits per heavy atom. The number of carbonyl (C=O) groups excluding carboxylic acids is 1. The van der Waals surface area contributed by atoms with Gasteiger partial charge in [0.15, 0.2) is 0 Å². The van der Waals surface area contributed by atoms with Crippen molar-refractivity contribution in [3.05, 3.63) is 0 Å². The second-order valence-corrected chi connectivity index (χ2v) is 4.90. The minimum atomic E-state index is -0.836. The molecule has 94 valence electrons. The van der Waals surface area contributed by atoms with Crippen molar-refractivity contribution in [1.29, 1.82) is 0 Å². The maximum Gasteiger partial charge on any atom is 0.314 e. The first-order valence-corrected chi connectivity index (χ1v) is 5.50. The van der Waals surface area contributed by atoms with Gasteiger partial charge in [-0.1, -0.05) is 20.8 Å². The molecule has 0 aromatic carbocycles. The van der Waals surface area contributed by atoms with E-state index in [0.717, 1.165) is 0 Å². The van der Waals surface area contributed by atoms with Crippen molar-refractivity contribution in [3.63, 3.8) is 0 Å². The molecule has 1 atom stereocenters. The van der Waals surface area contributed by atoms with E-state index in [1.54, 1.807) is 0 Å². The van der Waals surface area contributed by atoms with E-state index in [9.17, 15) is 9.59 Å². The maximum absolute atomic E-state index is 11.2. The predicted octanol–water partition coefficient (Wildman–Crippen LogP) is 1.44. The van der Waals surface area contributed by atoms with Gasteiger partial charge in [-0.2, -0.15) is 0 Å². The zero-order valence-corrected chi connectivity index (χ0v) is 10.5. The molecule has 0 aliphatic carbocycles. The lowest BCUT2D eigenvalue weighted by Crippen LogP contribution is -2.41. The van der Waals surface area contributed by atoms with Crippen molar-refractivity contribution in [2.45, 2.75) is 34.1 Å². The second-order valence-electron chi connectivity index (χ2n) is 4.90. The lowest BCUT2D eigenvalue weighted by Gasteiger charge is -2.29. The fourth-order valence-electron chi connectivity index (χ4n) is 1.33. The first-order chi connectivity index (χ1) is 7.27. The molecule has 2 amide bonds. The van der Waals surface area contributed by atoms with Crippen LogP contribution in [0.5, 0.6) is 0 Å². The molecule has 0 aromatic heterocycles. The molecule has 0 saturated heterocycles. The van der Waals surface area contributed by atoms with Gasteiger partial charge < -0.3 is 15.7 Å². The Balaban J connectivity index is 4.23. The fourth-order valence-corrected chi connectivity index (χ4v) is 1.33. The van der Waals surface area contributed by atoms with Gasteiger partial charge in [-0.05, 0) is 18.3 Å². The van der Waals surface area contributed by atoms with Crippen LogP contribution in [0.3, 0.4) is 0 Å². The predicted molar refractivity (Wildman–Crippen MR) is 62.3 cm³/mol. The van der Waals surface area contributed by atoms with Gasteiger partial charge in [0.05, 0.1) is 6.42 Å². The van der Waals surface area contributed by atoms with Gasteiger partial charge in [-0.15, -0.1) is 0 Å². The minimum Gasteiger partial charge on any atom is -0.481 e. The molecule has 5 nitrogen and oxygen atoms in total. The van der Waals surface area contributed by atoms with E-state index in [2.05, 4.69) is 10.6 Å². The highest BCUT2D eigenvalue weighted by Gasteiger charge is 2.27. The SMILES string of the molecule is CCNC(=O)NCC(CC(=O)O)C(C)(C)C. The first kappa shape index (κ1) is 14.7. The molecule has 0 aliphatic heterocycles. The number of hydrogen-bond acceptors (Lipinski definition) is 2. The number of rotatable bonds is 5. The third kappa shape index (κ3) is 6.27. The lowest BCUT2D eigenvalue weighted by molar-refractivity contribution is -0.139. The number of hydrogen-bond donors (Lipinski definition) is 3. The van der Waals surface area contributed by atoms with Crippen LogP contribution in [-0.4, -0.2) is 30.2 Å². The maximum atomic E-state index is 11.2. The van der Waals surface area contributed by atoms with E-state index >= 15 is 0 Å². The summed E-state index contributed by atoms with van der Waals surface area (Å²) in [7, 11) is 0. The van der Waals surface area contributed by atoms with Gasteiger partial charge in [0, 0.05) is 13.1 Å².